The summed E-state index contributed by atoms with van der Waals surface area (Å²) in [5, 5.41) is 6.06. The van der Waals surface area contributed by atoms with Crippen molar-refractivity contribution < 1.29 is 0 Å². The Hall–Kier alpha value is -0.300. The summed E-state index contributed by atoms with van der Waals surface area (Å²) in [5.41, 5.74) is 8.94. The molecule has 0 saturated heterocycles. The number of guanidine groups is 1. The van der Waals surface area contributed by atoms with Gasteiger partial charge in [0.15, 0.2) is 5.96 Å². The van der Waals surface area contributed by atoms with Gasteiger partial charge < -0.3 is 11.5 Å². The van der Waals surface area contributed by atoms with E-state index < -0.39 is 0 Å². The van der Waals surface area contributed by atoms with Gasteiger partial charge in [0.25, 0.3) is 0 Å². The van der Waals surface area contributed by atoms with Gasteiger partial charge in [-0.05, 0) is 0 Å². The molecule has 5 heavy (non-hydrogen) atoms. The molecule has 0 bridgehead atoms. The summed E-state index contributed by atoms with van der Waals surface area (Å²) < 4.78 is 0. The molecule has 5 N–H and O–H groups in total. The number of hydrogen-bond acceptors (Lipinski definition) is 1. The van der Waals surface area contributed by atoms with Crippen molar-refractivity contribution in [3.63, 3.8) is 0 Å². The van der Waals surface area contributed by atoms with Crippen LogP contribution in [0.25, 0.3) is 0 Å². The Balaban J connectivity index is 0. The van der Waals surface area contributed by atoms with Crippen LogP contribution in [-0.4, -0.2) is 5.96 Å². The molecule has 0 aliphatic heterocycles. The second kappa shape index (κ2) is 3.70. The van der Waals surface area contributed by atoms with Gasteiger partial charge in [-0.2, -0.15) is 9.90 Å². The van der Waals surface area contributed by atoms with E-state index in [-0.39, 0.29) is 15.9 Å². The summed E-state index contributed by atoms with van der Waals surface area (Å²) in [7, 11) is 0. The predicted molar refractivity (Wildman–Crippen MR) is 27.2 cm³/mol. The van der Waals surface area contributed by atoms with Gasteiger partial charge in [0.05, 0.1) is 0 Å². The minimum atomic E-state index is -0.333. The first kappa shape index (κ1) is 8.83. The van der Waals surface area contributed by atoms with E-state index in [2.05, 4.69) is 11.5 Å². The van der Waals surface area contributed by atoms with Crippen LogP contribution in [0.15, 0.2) is 0 Å². The molecule has 1 atom stereocenters. The average Bonchev–Trinajstić information content (AvgIpc) is 0.811. The Morgan fingerprint density at radius 1 is 1.40 bits per heavy atom. The van der Waals surface area contributed by atoms with E-state index in [1.54, 1.807) is 0 Å². The molecule has 0 radical (unpaired) electrons. The fourth-order valence-electron chi connectivity index (χ4n) is 0. The Labute approximate surface area is 33.9 Å². The molecular weight excluding hydrogens is 85.0 g/mol. The zero-order valence-electron chi connectivity index (χ0n) is 2.86. The normalized spacial score (nSPS) is 4.80. The summed E-state index contributed by atoms with van der Waals surface area (Å²) in [6.45, 7) is 0. The molecule has 0 rings (SSSR count). The Morgan fingerprint density at radius 3 is 1.40 bits per heavy atom. The molecule has 0 heterocycles. The largest absolute Gasteiger partial charge is 0.370 e. The lowest BCUT2D eigenvalue weighted by atomic mass is 11.1. The summed E-state index contributed by atoms with van der Waals surface area (Å²) >= 11 is 0. The molecule has 32 valence electrons. The van der Waals surface area contributed by atoms with E-state index in [1.165, 1.54) is 0 Å². The van der Waals surface area contributed by atoms with Crippen molar-refractivity contribution in [3.8, 4) is 0 Å². The van der Waals surface area contributed by atoms with E-state index in [0.717, 1.165) is 0 Å². The lowest BCUT2D eigenvalue weighted by molar-refractivity contribution is 1.39. The van der Waals surface area contributed by atoms with Crippen LogP contribution in [0.3, 0.4) is 0 Å². The molecule has 4 heteroatoms. The standard InChI is InChI=1S/CH5N3.H3P/c2-1(3)4;/h(H5,2,3,4);1H3. The van der Waals surface area contributed by atoms with Gasteiger partial charge in [-0.1, -0.05) is 0 Å². The first-order valence-corrected chi connectivity index (χ1v) is 0.827. The van der Waals surface area contributed by atoms with Gasteiger partial charge >= 0.3 is 0 Å². The van der Waals surface area contributed by atoms with Crippen LogP contribution in [0.1, 0.15) is 0 Å². The summed E-state index contributed by atoms with van der Waals surface area (Å²) in [6, 6.07) is 0. The quantitative estimate of drug-likeness (QED) is 0.202. The highest BCUT2D eigenvalue weighted by molar-refractivity contribution is 6.92. The Bertz CT molecular complexity index is 29.9. The second-order valence-electron chi connectivity index (χ2n) is 0.455. The maximum Gasteiger partial charge on any atom is 0.183 e. The summed E-state index contributed by atoms with van der Waals surface area (Å²) in [4.78, 5) is 0. The number of hydrogen-bond donors (Lipinski definition) is 3. The zero-order valence-corrected chi connectivity index (χ0v) is 4.28. The first-order valence-electron chi connectivity index (χ1n) is 0.827. The van der Waals surface area contributed by atoms with Crippen molar-refractivity contribution in [2.75, 3.05) is 0 Å². The SMILES string of the molecule is N=C(N)N.P. The van der Waals surface area contributed by atoms with Crippen molar-refractivity contribution >= 4 is 15.9 Å². The van der Waals surface area contributed by atoms with Crippen molar-refractivity contribution in [2.45, 2.75) is 0 Å². The van der Waals surface area contributed by atoms with E-state index in [0.29, 0.717) is 0 Å². The van der Waals surface area contributed by atoms with Crippen LogP contribution in [-0.2, 0) is 0 Å². The topological polar surface area (TPSA) is 75.9 Å². The smallest absolute Gasteiger partial charge is 0.183 e. The van der Waals surface area contributed by atoms with Gasteiger partial charge in [0.1, 0.15) is 0 Å². The molecule has 0 amide bonds. The van der Waals surface area contributed by atoms with Gasteiger partial charge in [-0.3, -0.25) is 5.41 Å². The molecule has 0 fully saturated rings. The fraction of sp³-hybridized carbons (Fsp3) is 0. The van der Waals surface area contributed by atoms with Crippen LogP contribution >= 0.6 is 9.90 Å². The number of nitrogens with two attached hydrogens (primary N) is 2. The molecule has 0 saturated carbocycles. The highest BCUT2D eigenvalue weighted by atomic mass is 31.0. The van der Waals surface area contributed by atoms with E-state index >= 15 is 0 Å². The highest BCUT2D eigenvalue weighted by Gasteiger charge is 1.52. The van der Waals surface area contributed by atoms with E-state index in [9.17, 15) is 0 Å². The molecule has 0 aliphatic carbocycles. The van der Waals surface area contributed by atoms with Crippen molar-refractivity contribution in [3.05, 3.63) is 0 Å². The highest BCUT2D eigenvalue weighted by Crippen LogP contribution is 1.13. The van der Waals surface area contributed by atoms with Crippen LogP contribution < -0.4 is 11.5 Å². The predicted octanol–water partition coefficient (Wildman–Crippen LogP) is -1.10. The minimum absolute atomic E-state index is 0. The zero-order chi connectivity index (χ0) is 3.58. The molecule has 0 aromatic heterocycles. The van der Waals surface area contributed by atoms with Gasteiger partial charge in [-0.15, -0.1) is 0 Å². The third-order valence-electron chi connectivity index (χ3n) is 0. The van der Waals surface area contributed by atoms with Crippen LogP contribution in [0.5, 0.6) is 0 Å². The third kappa shape index (κ3) is 119. The Morgan fingerprint density at radius 2 is 1.40 bits per heavy atom. The summed E-state index contributed by atoms with van der Waals surface area (Å²) in [6.07, 6.45) is 0. The van der Waals surface area contributed by atoms with Gasteiger partial charge in [0, 0.05) is 0 Å². The maximum absolute atomic E-state index is 6.06. The molecule has 1 unspecified atom stereocenters. The number of nitrogens with one attached hydrogen (secondary N) is 1. The van der Waals surface area contributed by atoms with Crippen molar-refractivity contribution in [1.29, 1.82) is 5.41 Å². The second-order valence-corrected chi connectivity index (χ2v) is 0.455. The van der Waals surface area contributed by atoms with Crippen molar-refractivity contribution in [1.82, 2.24) is 0 Å². The third-order valence-corrected chi connectivity index (χ3v) is 0. The van der Waals surface area contributed by atoms with Crippen LogP contribution in [0.4, 0.5) is 0 Å². The van der Waals surface area contributed by atoms with E-state index in [4.69, 9.17) is 5.41 Å². The van der Waals surface area contributed by atoms with Gasteiger partial charge in [0.2, 0.25) is 0 Å². The van der Waals surface area contributed by atoms with Gasteiger partial charge in [-0.25, -0.2) is 0 Å². The molecule has 0 aromatic carbocycles. The molecule has 0 aliphatic rings. The van der Waals surface area contributed by atoms with Crippen LogP contribution in [0.2, 0.25) is 0 Å². The molecule has 0 aromatic rings. The van der Waals surface area contributed by atoms with E-state index in [1.807, 2.05) is 0 Å². The lowest BCUT2D eigenvalue weighted by Crippen LogP contribution is -2.20. The number of rotatable bonds is 0. The summed E-state index contributed by atoms with van der Waals surface area (Å²) in [5.74, 6) is -0.333. The molecule has 3 nitrogen and oxygen atoms in total. The first-order chi connectivity index (χ1) is 1.73. The lowest BCUT2D eigenvalue weighted by Gasteiger charge is -1.69. The average molecular weight is 93.1 g/mol. The minimum Gasteiger partial charge on any atom is -0.370 e. The maximum atomic E-state index is 6.06. The van der Waals surface area contributed by atoms with Crippen molar-refractivity contribution in [2.24, 2.45) is 11.5 Å². The Kier molecular flexibility index (Phi) is 6.53. The van der Waals surface area contributed by atoms with Crippen LogP contribution in [0, 0.1) is 5.41 Å². The fourth-order valence-corrected chi connectivity index (χ4v) is 0. The molecule has 0 spiro atoms. The molecular formula is CH8N3P. The monoisotopic (exact) mass is 93.0 g/mol.